The molecule has 0 atom stereocenters. The van der Waals surface area contributed by atoms with Crippen molar-refractivity contribution < 1.29 is 9.90 Å². The highest BCUT2D eigenvalue weighted by atomic mass is 32.2. The van der Waals surface area contributed by atoms with Crippen LogP contribution >= 0.6 is 11.8 Å². The maximum absolute atomic E-state index is 11.2. The molecule has 1 fully saturated rings. The summed E-state index contributed by atoms with van der Waals surface area (Å²) in [6, 6.07) is 7.71. The lowest BCUT2D eigenvalue weighted by molar-refractivity contribution is 0.0697. The van der Waals surface area contributed by atoms with Crippen molar-refractivity contribution in [1.29, 1.82) is 0 Å². The monoisotopic (exact) mass is 251 g/mol. The fourth-order valence-corrected chi connectivity index (χ4v) is 3.31. The van der Waals surface area contributed by atoms with Crippen molar-refractivity contribution in [2.75, 3.05) is 23.5 Å². The maximum atomic E-state index is 11.2. The van der Waals surface area contributed by atoms with Crippen molar-refractivity contribution >= 4 is 23.4 Å². The first-order valence-corrected chi connectivity index (χ1v) is 6.98. The molecule has 3 nitrogen and oxygen atoms in total. The Morgan fingerprint density at radius 3 is 2.65 bits per heavy atom. The first-order chi connectivity index (χ1) is 8.20. The summed E-state index contributed by atoms with van der Waals surface area (Å²) in [5.74, 6) is 1.49. The molecule has 1 aliphatic rings. The van der Waals surface area contributed by atoms with E-state index >= 15 is 0 Å². The number of nitrogens with zero attached hydrogens (tertiary/aromatic N) is 1. The molecule has 0 bridgehead atoms. The quantitative estimate of drug-likeness (QED) is 0.896. The van der Waals surface area contributed by atoms with Gasteiger partial charge in [0.1, 0.15) is 0 Å². The van der Waals surface area contributed by atoms with E-state index in [0.29, 0.717) is 11.6 Å². The number of para-hydroxylation sites is 1. The summed E-state index contributed by atoms with van der Waals surface area (Å²) < 4.78 is 0. The summed E-state index contributed by atoms with van der Waals surface area (Å²) in [5.41, 5.74) is 1.23. The highest BCUT2D eigenvalue weighted by Gasteiger charge is 2.21. The van der Waals surface area contributed by atoms with Gasteiger partial charge < -0.3 is 10.0 Å². The van der Waals surface area contributed by atoms with E-state index in [4.69, 9.17) is 0 Å². The van der Waals surface area contributed by atoms with Crippen LogP contribution in [0.1, 0.15) is 23.2 Å². The first-order valence-electron chi connectivity index (χ1n) is 5.83. The average Bonchev–Trinajstić information content (AvgIpc) is 2.39. The van der Waals surface area contributed by atoms with Crippen LogP contribution in [0.5, 0.6) is 0 Å². The zero-order valence-corrected chi connectivity index (χ0v) is 10.7. The summed E-state index contributed by atoms with van der Waals surface area (Å²) >= 11 is 1.98. The lowest BCUT2D eigenvalue weighted by Gasteiger charge is -2.33. The van der Waals surface area contributed by atoms with Gasteiger partial charge in [0.25, 0.3) is 0 Å². The molecule has 0 saturated carbocycles. The van der Waals surface area contributed by atoms with E-state index in [9.17, 15) is 9.90 Å². The molecule has 2 rings (SSSR count). The molecule has 0 amide bonds. The molecule has 92 valence electrons. The van der Waals surface area contributed by atoms with Gasteiger partial charge in [-0.15, -0.1) is 0 Å². The highest BCUT2D eigenvalue weighted by molar-refractivity contribution is 7.99. The number of rotatable bonds is 3. The summed E-state index contributed by atoms with van der Waals surface area (Å²) in [5, 5.41) is 9.18. The zero-order valence-electron chi connectivity index (χ0n) is 9.93. The Balaban J connectivity index is 2.23. The van der Waals surface area contributed by atoms with E-state index in [1.807, 2.05) is 30.9 Å². The minimum absolute atomic E-state index is 0.397. The molecular formula is C13H17NO2S. The van der Waals surface area contributed by atoms with E-state index in [1.54, 1.807) is 12.1 Å². The van der Waals surface area contributed by atoms with Gasteiger partial charge in [-0.1, -0.05) is 12.1 Å². The second-order valence-corrected chi connectivity index (χ2v) is 5.50. The summed E-state index contributed by atoms with van der Waals surface area (Å²) in [4.78, 5) is 13.3. The van der Waals surface area contributed by atoms with Gasteiger partial charge in [0.05, 0.1) is 11.3 Å². The highest BCUT2D eigenvalue weighted by Crippen LogP contribution is 2.27. The van der Waals surface area contributed by atoms with Crippen molar-refractivity contribution in [2.45, 2.75) is 18.9 Å². The number of carboxylic acids is 1. The number of carboxylic acid groups (broad SMARTS) is 1. The Morgan fingerprint density at radius 2 is 2.00 bits per heavy atom. The van der Waals surface area contributed by atoms with E-state index in [0.717, 1.165) is 18.5 Å². The Kier molecular flexibility index (Phi) is 3.94. The molecule has 4 heteroatoms. The molecule has 1 aliphatic heterocycles. The molecule has 1 heterocycles. The Labute approximate surface area is 106 Å². The molecule has 1 saturated heterocycles. The molecular weight excluding hydrogens is 234 g/mol. The number of carbonyl (C=O) groups is 1. The number of thioether (sulfide) groups is 1. The fraction of sp³-hybridized carbons (Fsp3) is 0.462. The molecule has 0 spiro atoms. The van der Waals surface area contributed by atoms with Gasteiger partial charge in [0.2, 0.25) is 0 Å². The Bertz CT molecular complexity index is 402. The van der Waals surface area contributed by atoms with Crippen molar-refractivity contribution in [3.8, 4) is 0 Å². The topological polar surface area (TPSA) is 40.5 Å². The van der Waals surface area contributed by atoms with Crippen LogP contribution < -0.4 is 4.90 Å². The molecule has 1 aromatic rings. The smallest absolute Gasteiger partial charge is 0.337 e. The number of hydrogen-bond donors (Lipinski definition) is 1. The van der Waals surface area contributed by atoms with Crippen molar-refractivity contribution in [2.24, 2.45) is 0 Å². The molecule has 17 heavy (non-hydrogen) atoms. The Hall–Kier alpha value is -1.16. The molecule has 0 aromatic heterocycles. The second-order valence-electron chi connectivity index (χ2n) is 4.28. The maximum Gasteiger partial charge on any atom is 0.337 e. The minimum Gasteiger partial charge on any atom is -0.478 e. The number of anilines is 1. The molecule has 1 aromatic carbocycles. The molecule has 0 aliphatic carbocycles. The van der Waals surface area contributed by atoms with Gasteiger partial charge in [0.15, 0.2) is 0 Å². The fourth-order valence-electron chi connectivity index (χ4n) is 2.23. The van der Waals surface area contributed by atoms with Crippen LogP contribution in [0.15, 0.2) is 24.3 Å². The lowest BCUT2D eigenvalue weighted by atomic mass is 10.1. The van der Waals surface area contributed by atoms with E-state index in [2.05, 4.69) is 4.90 Å². The summed E-state index contributed by atoms with van der Waals surface area (Å²) in [7, 11) is 2.00. The van der Waals surface area contributed by atoms with Gasteiger partial charge in [0, 0.05) is 13.1 Å². The van der Waals surface area contributed by atoms with Gasteiger partial charge in [-0.3, -0.25) is 0 Å². The van der Waals surface area contributed by atoms with Gasteiger partial charge in [-0.05, 0) is 36.5 Å². The first kappa shape index (κ1) is 12.3. The lowest BCUT2D eigenvalue weighted by Crippen LogP contribution is -2.35. The van der Waals surface area contributed by atoms with Gasteiger partial charge in [-0.2, -0.15) is 11.8 Å². The second kappa shape index (κ2) is 5.45. The third-order valence-electron chi connectivity index (χ3n) is 3.25. The van der Waals surface area contributed by atoms with Crippen molar-refractivity contribution in [3.05, 3.63) is 29.8 Å². The van der Waals surface area contributed by atoms with Crippen LogP contribution in [0.2, 0.25) is 0 Å². The zero-order chi connectivity index (χ0) is 12.3. The van der Waals surface area contributed by atoms with Crippen LogP contribution in [0.3, 0.4) is 0 Å². The van der Waals surface area contributed by atoms with E-state index < -0.39 is 5.97 Å². The average molecular weight is 251 g/mol. The summed E-state index contributed by atoms with van der Waals surface area (Å²) in [6.45, 7) is 0. The predicted molar refractivity (Wildman–Crippen MR) is 72.2 cm³/mol. The molecule has 0 radical (unpaired) electrons. The third kappa shape index (κ3) is 2.75. The Morgan fingerprint density at radius 1 is 1.35 bits per heavy atom. The molecule has 0 unspecified atom stereocenters. The molecule has 1 N–H and O–H groups in total. The van der Waals surface area contributed by atoms with Gasteiger partial charge >= 0.3 is 5.97 Å². The van der Waals surface area contributed by atoms with Crippen molar-refractivity contribution in [1.82, 2.24) is 0 Å². The number of aromatic carboxylic acids is 1. The van der Waals surface area contributed by atoms with Crippen LogP contribution in [0.4, 0.5) is 5.69 Å². The van der Waals surface area contributed by atoms with Crippen LogP contribution in [-0.4, -0.2) is 35.7 Å². The standard InChI is InChI=1S/C13H17NO2S/c1-14(10-6-8-17-9-7-10)12-5-3-2-4-11(12)13(15)16/h2-5,10H,6-9H2,1H3,(H,15,16). The third-order valence-corrected chi connectivity index (χ3v) is 4.30. The number of hydrogen-bond acceptors (Lipinski definition) is 3. The van der Waals surface area contributed by atoms with Crippen LogP contribution in [0.25, 0.3) is 0 Å². The minimum atomic E-state index is -0.849. The van der Waals surface area contributed by atoms with Crippen molar-refractivity contribution in [3.63, 3.8) is 0 Å². The van der Waals surface area contributed by atoms with E-state index in [-0.39, 0.29) is 0 Å². The predicted octanol–water partition coefficient (Wildman–Crippen LogP) is 2.72. The number of benzene rings is 1. The largest absolute Gasteiger partial charge is 0.478 e. The van der Waals surface area contributed by atoms with Gasteiger partial charge in [-0.25, -0.2) is 4.79 Å². The summed E-state index contributed by atoms with van der Waals surface area (Å²) in [6.07, 6.45) is 2.27. The van der Waals surface area contributed by atoms with Crippen LogP contribution in [-0.2, 0) is 0 Å². The normalized spacial score (nSPS) is 16.8. The van der Waals surface area contributed by atoms with Crippen LogP contribution in [0, 0.1) is 0 Å². The SMILES string of the molecule is CN(c1ccccc1C(=O)O)C1CCSCC1. The van der Waals surface area contributed by atoms with E-state index in [1.165, 1.54) is 11.5 Å².